The normalized spacial score (nSPS) is 18.2. The van der Waals surface area contributed by atoms with Crippen molar-refractivity contribution in [1.82, 2.24) is 20.9 Å². The molecule has 1 heterocycles. The molecular formula is C24H39N7O6. The average Bonchev–Trinajstić information content (AvgIpc) is 3.52. The van der Waals surface area contributed by atoms with Crippen LogP contribution in [-0.2, 0) is 19.2 Å². The second-order valence-electron chi connectivity index (χ2n) is 9.47. The van der Waals surface area contributed by atoms with Gasteiger partial charge in [0.2, 0.25) is 17.7 Å². The largest absolute Gasteiger partial charge is 0.480 e. The number of nitrogens with zero attached hydrogens (tertiary/aromatic N) is 1. The van der Waals surface area contributed by atoms with Gasteiger partial charge in [-0.3, -0.25) is 19.8 Å². The number of carbonyl (C=O) groups is 4. The molecular weight excluding hydrogens is 482 g/mol. The first kappa shape index (κ1) is 29.8. The average molecular weight is 522 g/mol. The van der Waals surface area contributed by atoms with E-state index in [0.29, 0.717) is 13.1 Å². The first-order valence-electron chi connectivity index (χ1n) is 12.5. The van der Waals surface area contributed by atoms with E-state index in [1.54, 1.807) is 4.90 Å². The van der Waals surface area contributed by atoms with Crippen LogP contribution in [0.4, 0.5) is 0 Å². The zero-order chi connectivity index (χ0) is 27.5. The molecule has 0 aromatic carbocycles. The van der Waals surface area contributed by atoms with E-state index < -0.39 is 47.9 Å². The molecule has 1 aliphatic heterocycles. The van der Waals surface area contributed by atoms with E-state index in [1.165, 1.54) is 6.92 Å². The minimum atomic E-state index is -1.22. The summed E-state index contributed by atoms with van der Waals surface area (Å²) in [6, 6.07) is -3.19. The summed E-state index contributed by atoms with van der Waals surface area (Å²) >= 11 is 0. The molecule has 13 nitrogen and oxygen atoms in total. The fraction of sp³-hybridized carbons (Fsp3) is 0.625. The topological polar surface area (TPSA) is 224 Å². The molecule has 37 heavy (non-hydrogen) atoms. The Labute approximate surface area is 216 Å². The van der Waals surface area contributed by atoms with Gasteiger partial charge < -0.3 is 42.5 Å². The predicted molar refractivity (Wildman–Crippen MR) is 136 cm³/mol. The summed E-state index contributed by atoms with van der Waals surface area (Å²) < 4.78 is 0. The number of hydrogen-bond donors (Lipinski definition) is 8. The number of nitrogens with two attached hydrogens (primary N) is 2. The number of carboxylic acids is 1. The number of hydrogen-bond acceptors (Lipinski definition) is 7. The Bertz CT molecular complexity index is 933. The highest BCUT2D eigenvalue weighted by atomic mass is 16.4. The molecule has 0 radical (unpaired) electrons. The number of aliphatic hydroxyl groups excluding tert-OH is 1. The maximum atomic E-state index is 12.9. The van der Waals surface area contributed by atoms with Crippen LogP contribution in [0.1, 0.15) is 51.9 Å². The van der Waals surface area contributed by atoms with Crippen molar-refractivity contribution in [3.8, 4) is 0 Å². The Balaban J connectivity index is 1.86. The van der Waals surface area contributed by atoms with Crippen molar-refractivity contribution in [2.45, 2.75) is 76.1 Å². The number of carboxylic acid groups (broad SMARTS) is 1. The zero-order valence-corrected chi connectivity index (χ0v) is 21.2. The van der Waals surface area contributed by atoms with Crippen LogP contribution in [0.15, 0.2) is 23.3 Å². The Hall–Kier alpha value is -3.45. The number of allylic oxidation sites excluding steroid dienone is 1. The van der Waals surface area contributed by atoms with Crippen molar-refractivity contribution in [3.05, 3.63) is 23.3 Å². The van der Waals surface area contributed by atoms with Gasteiger partial charge in [-0.05, 0) is 45.4 Å². The summed E-state index contributed by atoms with van der Waals surface area (Å²) in [7, 11) is 0. The predicted octanol–water partition coefficient (Wildman–Crippen LogP) is -1.33. The lowest BCUT2D eigenvalue weighted by atomic mass is 10.0. The third-order valence-electron chi connectivity index (χ3n) is 6.37. The molecule has 3 amide bonds. The van der Waals surface area contributed by atoms with Crippen LogP contribution in [0, 0.1) is 5.41 Å². The smallest absolute Gasteiger partial charge is 0.326 e. The third kappa shape index (κ3) is 9.84. The highest BCUT2D eigenvalue weighted by Gasteiger charge is 2.28. The summed E-state index contributed by atoms with van der Waals surface area (Å²) in [6.07, 6.45) is 6.22. The lowest BCUT2D eigenvalue weighted by Crippen LogP contribution is -2.54. The molecule has 10 N–H and O–H groups in total. The Morgan fingerprint density at radius 3 is 2.38 bits per heavy atom. The number of aliphatic hydroxyl groups is 1. The van der Waals surface area contributed by atoms with Crippen LogP contribution in [-0.4, -0.2) is 88.6 Å². The first-order valence-corrected chi connectivity index (χ1v) is 12.5. The number of nitrogens with one attached hydrogen (secondary N) is 4. The Morgan fingerprint density at radius 2 is 1.81 bits per heavy atom. The van der Waals surface area contributed by atoms with E-state index in [-0.39, 0.29) is 38.2 Å². The third-order valence-corrected chi connectivity index (χ3v) is 6.37. The molecule has 0 aromatic heterocycles. The van der Waals surface area contributed by atoms with Gasteiger partial charge in [0, 0.05) is 26.1 Å². The van der Waals surface area contributed by atoms with Crippen LogP contribution in [0.2, 0.25) is 0 Å². The molecule has 0 spiro atoms. The van der Waals surface area contributed by atoms with Crippen molar-refractivity contribution in [2.24, 2.45) is 11.5 Å². The molecule has 206 valence electrons. The van der Waals surface area contributed by atoms with Gasteiger partial charge in [-0.15, -0.1) is 0 Å². The number of guanidine groups is 1. The monoisotopic (exact) mass is 521 g/mol. The van der Waals surface area contributed by atoms with E-state index in [4.69, 9.17) is 16.9 Å². The van der Waals surface area contributed by atoms with E-state index in [2.05, 4.69) is 16.0 Å². The standard InChI is InChI=1S/C24H39N7O6/c1-14(32)20(25)22(35)30-17(12-16-8-10-31(13-16)24(26)27)21(34)28-9-4-7-19(33)29-18(23(36)37)11-15-5-2-3-6-15/h5,8,14,17-18,20,32H,2-4,6-7,9-13,25H2,1H3,(H3,26,27)(H,28,34)(H,29,33)(H,30,35)(H,36,37). The molecule has 2 rings (SSSR count). The molecule has 0 fully saturated rings. The van der Waals surface area contributed by atoms with Crippen LogP contribution in [0.5, 0.6) is 0 Å². The summed E-state index contributed by atoms with van der Waals surface area (Å²) in [5, 5.41) is 34.3. The Kier molecular flexibility index (Phi) is 11.5. The Morgan fingerprint density at radius 1 is 1.11 bits per heavy atom. The lowest BCUT2D eigenvalue weighted by molar-refractivity contribution is -0.141. The summed E-state index contributed by atoms with van der Waals surface area (Å²) in [5.41, 5.74) is 13.0. The van der Waals surface area contributed by atoms with Crippen molar-refractivity contribution in [1.29, 1.82) is 5.41 Å². The molecule has 4 atom stereocenters. The van der Waals surface area contributed by atoms with Gasteiger partial charge in [0.1, 0.15) is 18.1 Å². The lowest BCUT2D eigenvalue weighted by Gasteiger charge is -2.23. The minimum absolute atomic E-state index is 0.0196. The number of rotatable bonds is 14. The highest BCUT2D eigenvalue weighted by molar-refractivity contribution is 5.90. The molecule has 0 saturated carbocycles. The first-order chi connectivity index (χ1) is 17.5. The molecule has 0 bridgehead atoms. The van der Waals surface area contributed by atoms with Gasteiger partial charge in [-0.2, -0.15) is 0 Å². The van der Waals surface area contributed by atoms with Crippen LogP contribution < -0.4 is 27.4 Å². The summed E-state index contributed by atoms with van der Waals surface area (Å²) in [6.45, 7) is 2.26. The van der Waals surface area contributed by atoms with Gasteiger partial charge in [0.05, 0.1) is 6.10 Å². The number of aliphatic carboxylic acids is 1. The zero-order valence-electron chi connectivity index (χ0n) is 21.2. The van der Waals surface area contributed by atoms with E-state index in [1.807, 2.05) is 12.2 Å². The van der Waals surface area contributed by atoms with Gasteiger partial charge >= 0.3 is 5.97 Å². The minimum Gasteiger partial charge on any atom is -0.480 e. The highest BCUT2D eigenvalue weighted by Crippen LogP contribution is 2.22. The summed E-state index contributed by atoms with van der Waals surface area (Å²) in [4.78, 5) is 50.6. The van der Waals surface area contributed by atoms with Crippen LogP contribution in [0.3, 0.4) is 0 Å². The fourth-order valence-electron chi connectivity index (χ4n) is 4.14. The van der Waals surface area contributed by atoms with E-state index in [0.717, 1.165) is 30.4 Å². The summed E-state index contributed by atoms with van der Waals surface area (Å²) in [5.74, 6) is -2.80. The second kappa shape index (κ2) is 14.3. The number of carbonyl (C=O) groups excluding carboxylic acids is 3. The molecule has 4 unspecified atom stereocenters. The fourth-order valence-corrected chi connectivity index (χ4v) is 4.14. The molecule has 1 aliphatic carbocycles. The van der Waals surface area contributed by atoms with E-state index >= 15 is 0 Å². The van der Waals surface area contributed by atoms with Gasteiger partial charge in [-0.1, -0.05) is 23.3 Å². The van der Waals surface area contributed by atoms with Gasteiger partial charge in [0.25, 0.3) is 0 Å². The maximum Gasteiger partial charge on any atom is 0.326 e. The van der Waals surface area contributed by atoms with E-state index in [9.17, 15) is 29.4 Å². The molecule has 0 aromatic rings. The van der Waals surface area contributed by atoms with Crippen molar-refractivity contribution in [3.63, 3.8) is 0 Å². The van der Waals surface area contributed by atoms with Gasteiger partial charge in [-0.25, -0.2) is 4.79 Å². The second-order valence-corrected chi connectivity index (χ2v) is 9.47. The maximum absolute atomic E-state index is 12.9. The molecule has 13 heteroatoms. The van der Waals surface area contributed by atoms with Crippen LogP contribution in [0.25, 0.3) is 0 Å². The van der Waals surface area contributed by atoms with Crippen molar-refractivity contribution in [2.75, 3.05) is 19.6 Å². The van der Waals surface area contributed by atoms with Crippen molar-refractivity contribution >= 4 is 29.7 Å². The quantitative estimate of drug-likeness (QED) is 0.0586. The van der Waals surface area contributed by atoms with Crippen molar-refractivity contribution < 1.29 is 29.4 Å². The number of amides is 3. The van der Waals surface area contributed by atoms with Crippen LogP contribution >= 0.6 is 0 Å². The molecule has 2 aliphatic rings. The SMILES string of the molecule is CC(O)C(N)C(=O)NC(CC1=CCN(C(=N)N)C1)C(=O)NCCCC(=O)NC(CC1=CCCC1)C(=O)O. The van der Waals surface area contributed by atoms with Gasteiger partial charge in [0.15, 0.2) is 5.96 Å². The molecule has 0 saturated heterocycles.